The molecule has 4 rings (SSSR count). The Hall–Kier alpha value is -3.60. The van der Waals surface area contributed by atoms with E-state index in [2.05, 4.69) is 20.2 Å². The average Bonchev–Trinajstić information content (AvgIpc) is 3.14. The SMILES string of the molecule is COc1ccc(NCc2nnc3n(C)c(=O)c4ccccc4n23)cc1NS(C)(=O)=O. The van der Waals surface area contributed by atoms with E-state index < -0.39 is 10.0 Å². The second kappa shape index (κ2) is 7.34. The molecule has 11 heteroatoms. The minimum absolute atomic E-state index is 0.142. The maximum atomic E-state index is 12.5. The van der Waals surface area contributed by atoms with Crippen molar-refractivity contribution in [3.63, 3.8) is 0 Å². The summed E-state index contributed by atoms with van der Waals surface area (Å²) < 4.78 is 34.2. The fourth-order valence-corrected chi connectivity index (χ4v) is 3.84. The zero-order valence-electron chi connectivity index (χ0n) is 16.6. The van der Waals surface area contributed by atoms with Crippen LogP contribution in [0.3, 0.4) is 0 Å². The first-order valence-corrected chi connectivity index (χ1v) is 10.9. The number of nitrogens with one attached hydrogen (secondary N) is 2. The number of aryl methyl sites for hydroxylation is 1. The molecule has 0 bridgehead atoms. The topological polar surface area (TPSA) is 120 Å². The van der Waals surface area contributed by atoms with Crippen LogP contribution in [-0.4, -0.2) is 40.9 Å². The van der Waals surface area contributed by atoms with Crippen molar-refractivity contribution >= 4 is 38.1 Å². The number of methoxy groups -OCH3 is 1. The lowest BCUT2D eigenvalue weighted by Crippen LogP contribution is -2.20. The van der Waals surface area contributed by atoms with Crippen LogP contribution in [0, 0.1) is 0 Å². The van der Waals surface area contributed by atoms with Gasteiger partial charge in [-0.3, -0.25) is 18.5 Å². The van der Waals surface area contributed by atoms with Crippen LogP contribution in [0.5, 0.6) is 5.75 Å². The van der Waals surface area contributed by atoms with Gasteiger partial charge in [-0.25, -0.2) is 8.42 Å². The van der Waals surface area contributed by atoms with E-state index in [0.29, 0.717) is 46.2 Å². The zero-order chi connectivity index (χ0) is 21.5. The van der Waals surface area contributed by atoms with E-state index in [4.69, 9.17) is 4.74 Å². The van der Waals surface area contributed by atoms with Crippen LogP contribution in [0.2, 0.25) is 0 Å². The van der Waals surface area contributed by atoms with E-state index in [1.165, 1.54) is 11.7 Å². The highest BCUT2D eigenvalue weighted by Crippen LogP contribution is 2.28. The molecule has 0 saturated carbocycles. The molecule has 10 nitrogen and oxygen atoms in total. The van der Waals surface area contributed by atoms with Crippen molar-refractivity contribution in [3.8, 4) is 5.75 Å². The molecule has 0 aliphatic carbocycles. The number of ether oxygens (including phenoxy) is 1. The number of para-hydroxylation sites is 1. The predicted molar refractivity (Wildman–Crippen MR) is 115 cm³/mol. The van der Waals surface area contributed by atoms with E-state index in [9.17, 15) is 13.2 Å². The largest absolute Gasteiger partial charge is 0.495 e. The van der Waals surface area contributed by atoms with Crippen molar-refractivity contribution in [1.29, 1.82) is 0 Å². The Labute approximate surface area is 172 Å². The highest BCUT2D eigenvalue weighted by atomic mass is 32.2. The Morgan fingerprint density at radius 2 is 1.90 bits per heavy atom. The summed E-state index contributed by atoms with van der Waals surface area (Å²) in [6.07, 6.45) is 1.07. The molecule has 2 aromatic carbocycles. The van der Waals surface area contributed by atoms with E-state index in [-0.39, 0.29) is 5.56 Å². The van der Waals surface area contributed by atoms with Crippen LogP contribution >= 0.6 is 0 Å². The van der Waals surface area contributed by atoms with Gasteiger partial charge in [0.15, 0.2) is 5.82 Å². The summed E-state index contributed by atoms with van der Waals surface area (Å²) in [6, 6.07) is 12.3. The third-order valence-corrected chi connectivity index (χ3v) is 5.23. The van der Waals surface area contributed by atoms with Crippen molar-refractivity contribution in [1.82, 2.24) is 19.2 Å². The molecule has 2 heterocycles. The highest BCUT2D eigenvalue weighted by Gasteiger charge is 2.15. The predicted octanol–water partition coefficient (Wildman–Crippen LogP) is 1.57. The average molecular weight is 428 g/mol. The van der Waals surface area contributed by atoms with Gasteiger partial charge in [-0.1, -0.05) is 12.1 Å². The van der Waals surface area contributed by atoms with Crippen LogP contribution in [0.4, 0.5) is 11.4 Å². The molecule has 0 spiro atoms. The Balaban J connectivity index is 1.71. The fraction of sp³-hybridized carbons (Fsp3) is 0.211. The number of hydrogen-bond donors (Lipinski definition) is 2. The van der Waals surface area contributed by atoms with Crippen LogP contribution in [0.25, 0.3) is 16.7 Å². The Morgan fingerprint density at radius 3 is 2.63 bits per heavy atom. The summed E-state index contributed by atoms with van der Waals surface area (Å²) in [5, 5.41) is 12.2. The maximum absolute atomic E-state index is 12.5. The van der Waals surface area contributed by atoms with Crippen molar-refractivity contribution < 1.29 is 13.2 Å². The molecule has 0 unspecified atom stereocenters. The second-order valence-corrected chi connectivity index (χ2v) is 8.52. The zero-order valence-corrected chi connectivity index (χ0v) is 17.4. The van der Waals surface area contributed by atoms with Crippen molar-refractivity contribution in [2.45, 2.75) is 6.54 Å². The number of hydrogen-bond acceptors (Lipinski definition) is 7. The van der Waals surface area contributed by atoms with Gasteiger partial charge in [0, 0.05) is 12.7 Å². The summed E-state index contributed by atoms with van der Waals surface area (Å²) in [7, 11) is -0.342. The first-order chi connectivity index (χ1) is 14.3. The minimum atomic E-state index is -3.46. The molecule has 0 amide bonds. The molecule has 0 fully saturated rings. The summed E-state index contributed by atoms with van der Waals surface area (Å²) in [4.78, 5) is 12.5. The maximum Gasteiger partial charge on any atom is 0.262 e. The monoisotopic (exact) mass is 428 g/mol. The van der Waals surface area contributed by atoms with Crippen molar-refractivity contribution in [3.05, 3.63) is 58.6 Å². The molecule has 0 aliphatic rings. The Morgan fingerprint density at radius 1 is 1.13 bits per heavy atom. The van der Waals surface area contributed by atoms with Crippen molar-refractivity contribution in [2.75, 3.05) is 23.4 Å². The molecule has 2 N–H and O–H groups in total. The van der Waals surface area contributed by atoms with E-state index in [0.717, 1.165) is 6.26 Å². The second-order valence-electron chi connectivity index (χ2n) is 6.78. The van der Waals surface area contributed by atoms with Crippen LogP contribution in [0.1, 0.15) is 5.82 Å². The number of benzene rings is 2. The van der Waals surface area contributed by atoms with Gasteiger partial charge in [0.05, 0.1) is 36.5 Å². The van der Waals surface area contributed by atoms with Gasteiger partial charge >= 0.3 is 0 Å². The number of sulfonamides is 1. The van der Waals surface area contributed by atoms with Crippen molar-refractivity contribution in [2.24, 2.45) is 7.05 Å². The fourth-order valence-electron chi connectivity index (χ4n) is 3.29. The molecule has 156 valence electrons. The summed E-state index contributed by atoms with van der Waals surface area (Å²) in [5.41, 5.74) is 1.56. The normalized spacial score (nSPS) is 11.7. The first kappa shape index (κ1) is 19.7. The van der Waals surface area contributed by atoms with Gasteiger partial charge in [0.2, 0.25) is 15.8 Å². The molecular formula is C19H20N6O4S. The number of fused-ring (bicyclic) bond motifs is 3. The van der Waals surface area contributed by atoms with E-state index >= 15 is 0 Å². The van der Waals surface area contributed by atoms with Crippen LogP contribution < -0.4 is 20.3 Å². The van der Waals surface area contributed by atoms with E-state index in [1.807, 2.05) is 22.6 Å². The molecule has 0 atom stereocenters. The van der Waals surface area contributed by atoms with Gasteiger partial charge in [-0.05, 0) is 30.3 Å². The van der Waals surface area contributed by atoms with Gasteiger partial charge in [0.1, 0.15) is 5.75 Å². The first-order valence-electron chi connectivity index (χ1n) is 9.00. The number of nitrogens with zero attached hydrogens (tertiary/aromatic N) is 4. The molecular weight excluding hydrogens is 408 g/mol. The van der Waals surface area contributed by atoms with Gasteiger partial charge in [-0.2, -0.15) is 0 Å². The molecule has 0 radical (unpaired) electrons. The van der Waals surface area contributed by atoms with E-state index in [1.54, 1.807) is 31.3 Å². The van der Waals surface area contributed by atoms with Crippen LogP contribution in [-0.2, 0) is 23.6 Å². The highest BCUT2D eigenvalue weighted by molar-refractivity contribution is 7.92. The Kier molecular flexibility index (Phi) is 4.82. The smallest absolute Gasteiger partial charge is 0.262 e. The molecule has 2 aromatic heterocycles. The minimum Gasteiger partial charge on any atom is -0.495 e. The lowest BCUT2D eigenvalue weighted by Gasteiger charge is -2.13. The quantitative estimate of drug-likeness (QED) is 0.478. The number of aromatic nitrogens is 4. The van der Waals surface area contributed by atoms with Crippen LogP contribution in [0.15, 0.2) is 47.3 Å². The third-order valence-electron chi connectivity index (χ3n) is 4.64. The number of rotatable bonds is 6. The lowest BCUT2D eigenvalue weighted by atomic mass is 10.2. The molecule has 4 aromatic rings. The number of anilines is 2. The third kappa shape index (κ3) is 3.54. The van der Waals surface area contributed by atoms with Gasteiger partial charge < -0.3 is 10.1 Å². The molecule has 30 heavy (non-hydrogen) atoms. The summed E-state index contributed by atoms with van der Waals surface area (Å²) >= 11 is 0. The summed E-state index contributed by atoms with van der Waals surface area (Å²) in [6.45, 7) is 0.300. The molecule has 0 aliphatic heterocycles. The lowest BCUT2D eigenvalue weighted by molar-refractivity contribution is 0.417. The Bertz CT molecular complexity index is 1420. The van der Waals surface area contributed by atoms with Gasteiger partial charge in [-0.15, -0.1) is 10.2 Å². The standard InChI is InChI=1S/C19H20N6O4S/c1-24-18(26)13-6-4-5-7-15(13)25-17(21-22-19(24)25)11-20-12-8-9-16(29-2)14(10-12)23-30(3,27)28/h4-10,20,23H,11H2,1-3H3. The summed E-state index contributed by atoms with van der Waals surface area (Å²) in [5.74, 6) is 1.44. The molecule has 0 saturated heterocycles. The van der Waals surface area contributed by atoms with Gasteiger partial charge in [0.25, 0.3) is 5.56 Å².